The molecule has 0 N–H and O–H groups in total. The predicted octanol–water partition coefficient (Wildman–Crippen LogP) is 2.93. The van der Waals surface area contributed by atoms with Crippen LogP contribution < -0.4 is 9.47 Å². The number of benzene rings is 1. The summed E-state index contributed by atoms with van der Waals surface area (Å²) in [5.74, 6) is 1.05. The summed E-state index contributed by atoms with van der Waals surface area (Å²) in [4.78, 5) is 8.84. The van der Waals surface area contributed by atoms with E-state index >= 15 is 0 Å². The molecule has 3 aromatic rings. The number of ether oxygens (including phenoxy) is 4. The number of hydrogen-bond acceptors (Lipinski definition) is 7. The zero-order chi connectivity index (χ0) is 18.6. The number of fused-ring (bicyclic) bond motifs is 1. The Balaban J connectivity index is 1.86. The molecule has 2 aromatic heterocycles. The van der Waals surface area contributed by atoms with E-state index in [0.717, 1.165) is 10.8 Å². The van der Waals surface area contributed by atoms with Gasteiger partial charge in [0.2, 0.25) is 5.88 Å². The third-order valence-corrected chi connectivity index (χ3v) is 4.30. The quantitative estimate of drug-likeness (QED) is 0.689. The first-order chi connectivity index (χ1) is 13.3. The van der Waals surface area contributed by atoms with Gasteiger partial charge in [0, 0.05) is 22.5 Å². The number of methoxy groups -OCH3 is 1. The third kappa shape index (κ3) is 3.40. The van der Waals surface area contributed by atoms with Crippen molar-refractivity contribution in [2.24, 2.45) is 0 Å². The van der Waals surface area contributed by atoms with Crippen LogP contribution in [0.25, 0.3) is 22.0 Å². The maximum absolute atomic E-state index is 9.70. The van der Waals surface area contributed by atoms with Gasteiger partial charge >= 0.3 is 0 Å². The van der Waals surface area contributed by atoms with Crippen LogP contribution in [0.2, 0.25) is 0 Å². The first-order valence-electron chi connectivity index (χ1n) is 8.45. The van der Waals surface area contributed by atoms with Gasteiger partial charge < -0.3 is 18.9 Å². The fraction of sp³-hybridized carbons (Fsp3) is 0.250. The lowest BCUT2D eigenvalue weighted by Gasteiger charge is -2.15. The van der Waals surface area contributed by atoms with Gasteiger partial charge in [0.1, 0.15) is 31.3 Å². The van der Waals surface area contributed by atoms with Gasteiger partial charge in [-0.05, 0) is 30.3 Å². The molecule has 1 unspecified atom stereocenters. The largest absolute Gasteiger partial charge is 0.497 e. The topological polar surface area (TPSA) is 86.5 Å². The van der Waals surface area contributed by atoms with Gasteiger partial charge in [-0.1, -0.05) is 6.07 Å². The Kier molecular flexibility index (Phi) is 4.83. The summed E-state index contributed by atoms with van der Waals surface area (Å²) in [6, 6.07) is 13.3. The Morgan fingerprint density at radius 2 is 2.19 bits per heavy atom. The molecule has 7 heteroatoms. The Hall–Kier alpha value is -3.21. The zero-order valence-electron chi connectivity index (χ0n) is 14.7. The standard InChI is InChI=1S/C20H17N3O4/c1-24-13-5-6-15-16(8-13)19(17-4-2-3-7-22-17)18(9-21)23-20(15)26-11-14-10-25-12-27-14/h2-8,14H,10-12H2,1H3. The molecule has 0 saturated carbocycles. The Morgan fingerprint density at radius 3 is 2.89 bits per heavy atom. The van der Waals surface area contributed by atoms with E-state index in [4.69, 9.17) is 18.9 Å². The van der Waals surface area contributed by atoms with Gasteiger partial charge in [0.15, 0.2) is 5.69 Å². The number of nitrogens with zero attached hydrogens (tertiary/aromatic N) is 3. The molecule has 1 aliphatic heterocycles. The fourth-order valence-electron chi connectivity index (χ4n) is 2.99. The highest BCUT2D eigenvalue weighted by Crippen LogP contribution is 2.36. The van der Waals surface area contributed by atoms with Crippen molar-refractivity contribution in [1.29, 1.82) is 5.26 Å². The van der Waals surface area contributed by atoms with E-state index < -0.39 is 0 Å². The van der Waals surface area contributed by atoms with Crippen molar-refractivity contribution in [2.45, 2.75) is 6.10 Å². The van der Waals surface area contributed by atoms with E-state index in [0.29, 0.717) is 36.1 Å². The maximum atomic E-state index is 9.70. The summed E-state index contributed by atoms with van der Waals surface area (Å²) in [5, 5.41) is 11.3. The number of rotatable bonds is 5. The normalized spacial score (nSPS) is 16.2. The van der Waals surface area contributed by atoms with Crippen LogP contribution in [-0.4, -0.2) is 43.2 Å². The minimum Gasteiger partial charge on any atom is -0.497 e. The molecular weight excluding hydrogens is 346 g/mol. The van der Waals surface area contributed by atoms with Crippen molar-refractivity contribution in [3.05, 3.63) is 48.3 Å². The number of nitriles is 1. The maximum Gasteiger partial charge on any atom is 0.222 e. The molecule has 1 aromatic carbocycles. The van der Waals surface area contributed by atoms with Crippen LogP contribution in [0.4, 0.5) is 0 Å². The Bertz CT molecular complexity index is 996. The second-order valence-corrected chi connectivity index (χ2v) is 5.97. The monoisotopic (exact) mass is 363 g/mol. The van der Waals surface area contributed by atoms with Crippen LogP contribution in [0.5, 0.6) is 11.6 Å². The van der Waals surface area contributed by atoms with E-state index in [-0.39, 0.29) is 18.6 Å². The summed E-state index contributed by atoms with van der Waals surface area (Å²) < 4.78 is 21.8. The molecule has 1 fully saturated rings. The molecule has 0 radical (unpaired) electrons. The molecule has 27 heavy (non-hydrogen) atoms. The van der Waals surface area contributed by atoms with Gasteiger partial charge in [0.25, 0.3) is 0 Å². The summed E-state index contributed by atoms with van der Waals surface area (Å²) >= 11 is 0. The number of pyridine rings is 2. The van der Waals surface area contributed by atoms with Crippen molar-refractivity contribution < 1.29 is 18.9 Å². The highest BCUT2D eigenvalue weighted by Gasteiger charge is 2.21. The smallest absolute Gasteiger partial charge is 0.222 e. The van der Waals surface area contributed by atoms with E-state index in [2.05, 4.69) is 16.0 Å². The summed E-state index contributed by atoms with van der Waals surface area (Å²) in [7, 11) is 1.60. The average molecular weight is 363 g/mol. The fourth-order valence-corrected chi connectivity index (χ4v) is 2.99. The SMILES string of the molecule is COc1ccc2c(OCC3COCO3)nc(C#N)c(-c3ccccn3)c2c1. The van der Waals surface area contributed by atoms with Crippen molar-refractivity contribution in [3.63, 3.8) is 0 Å². The van der Waals surface area contributed by atoms with Crippen LogP contribution in [0, 0.1) is 11.3 Å². The lowest BCUT2D eigenvalue weighted by atomic mass is 10.0. The lowest BCUT2D eigenvalue weighted by Crippen LogP contribution is -2.20. The molecule has 7 nitrogen and oxygen atoms in total. The Morgan fingerprint density at radius 1 is 1.26 bits per heavy atom. The highest BCUT2D eigenvalue weighted by atomic mass is 16.7. The van der Waals surface area contributed by atoms with E-state index in [1.807, 2.05) is 36.4 Å². The first kappa shape index (κ1) is 17.2. The predicted molar refractivity (Wildman–Crippen MR) is 97.4 cm³/mol. The molecule has 3 heterocycles. The van der Waals surface area contributed by atoms with E-state index in [9.17, 15) is 5.26 Å². The molecule has 0 amide bonds. The molecule has 4 rings (SSSR count). The van der Waals surface area contributed by atoms with Crippen LogP contribution >= 0.6 is 0 Å². The molecule has 136 valence electrons. The first-order valence-corrected chi connectivity index (χ1v) is 8.45. The lowest BCUT2D eigenvalue weighted by molar-refractivity contribution is 0.0316. The Labute approximate surface area is 156 Å². The molecule has 0 aliphatic carbocycles. The van der Waals surface area contributed by atoms with Crippen molar-refractivity contribution in [1.82, 2.24) is 9.97 Å². The highest BCUT2D eigenvalue weighted by molar-refractivity contribution is 6.01. The summed E-state index contributed by atoms with van der Waals surface area (Å²) in [6.07, 6.45) is 1.53. The van der Waals surface area contributed by atoms with Crippen LogP contribution in [0.15, 0.2) is 42.6 Å². The molecule has 1 saturated heterocycles. The zero-order valence-corrected chi connectivity index (χ0v) is 14.7. The van der Waals surface area contributed by atoms with Gasteiger partial charge in [-0.2, -0.15) is 5.26 Å². The van der Waals surface area contributed by atoms with Crippen molar-refractivity contribution in [2.75, 3.05) is 27.1 Å². The van der Waals surface area contributed by atoms with Gasteiger partial charge in [-0.15, -0.1) is 0 Å². The molecular formula is C20H17N3O4. The second-order valence-electron chi connectivity index (χ2n) is 5.97. The van der Waals surface area contributed by atoms with Gasteiger partial charge in [-0.3, -0.25) is 4.98 Å². The molecule has 0 spiro atoms. The van der Waals surface area contributed by atoms with Crippen LogP contribution in [0.1, 0.15) is 5.69 Å². The minimum absolute atomic E-state index is 0.152. The van der Waals surface area contributed by atoms with E-state index in [1.54, 1.807) is 13.3 Å². The van der Waals surface area contributed by atoms with Gasteiger partial charge in [-0.25, -0.2) is 4.98 Å². The summed E-state index contributed by atoms with van der Waals surface area (Å²) in [5.41, 5.74) is 1.56. The summed E-state index contributed by atoms with van der Waals surface area (Å²) in [6.45, 7) is 1.03. The van der Waals surface area contributed by atoms with Crippen molar-refractivity contribution in [3.8, 4) is 29.0 Å². The third-order valence-electron chi connectivity index (χ3n) is 4.30. The second kappa shape index (κ2) is 7.58. The number of hydrogen-bond donors (Lipinski definition) is 0. The number of aromatic nitrogens is 2. The van der Waals surface area contributed by atoms with Gasteiger partial charge in [0.05, 0.1) is 19.4 Å². The molecule has 1 atom stereocenters. The van der Waals surface area contributed by atoms with Crippen LogP contribution in [0.3, 0.4) is 0 Å². The molecule has 0 bridgehead atoms. The minimum atomic E-state index is -0.152. The molecule has 1 aliphatic rings. The average Bonchev–Trinajstić information content (AvgIpc) is 3.25. The van der Waals surface area contributed by atoms with E-state index in [1.165, 1.54) is 0 Å². The van der Waals surface area contributed by atoms with Crippen molar-refractivity contribution >= 4 is 10.8 Å². The van der Waals surface area contributed by atoms with Crippen LogP contribution in [-0.2, 0) is 9.47 Å².